The van der Waals surface area contributed by atoms with Crippen LogP contribution in [-0.2, 0) is 4.79 Å². The minimum absolute atomic E-state index is 0.307. The predicted octanol–water partition coefficient (Wildman–Crippen LogP) is 4.83. The smallest absolute Gasteiger partial charge is 0.336 e. The molecule has 0 spiro atoms. The number of halogens is 1. The summed E-state index contributed by atoms with van der Waals surface area (Å²) in [5, 5.41) is 3.94. The van der Waals surface area contributed by atoms with Gasteiger partial charge in [-0.2, -0.15) is 5.10 Å². The van der Waals surface area contributed by atoms with Gasteiger partial charge in [-0.05, 0) is 59.7 Å². The van der Waals surface area contributed by atoms with E-state index in [2.05, 4.69) is 26.5 Å². The third kappa shape index (κ3) is 6.55. The van der Waals surface area contributed by atoms with Crippen LogP contribution in [0, 0.1) is 0 Å². The van der Waals surface area contributed by atoms with Crippen molar-refractivity contribution in [1.29, 1.82) is 0 Å². The van der Waals surface area contributed by atoms with E-state index in [-0.39, 0.29) is 5.91 Å². The summed E-state index contributed by atoms with van der Waals surface area (Å²) in [6.07, 6.45) is 4.58. The summed E-state index contributed by atoms with van der Waals surface area (Å²) in [5.41, 5.74) is 4.64. The van der Waals surface area contributed by atoms with E-state index in [0.29, 0.717) is 11.3 Å². The molecule has 29 heavy (non-hydrogen) atoms. The summed E-state index contributed by atoms with van der Waals surface area (Å²) in [6, 6.07) is 23.3. The Morgan fingerprint density at radius 1 is 0.897 bits per heavy atom. The number of carbonyl (C=O) groups is 2. The number of hydrazone groups is 1. The minimum Gasteiger partial charge on any atom is -0.423 e. The van der Waals surface area contributed by atoms with Gasteiger partial charge < -0.3 is 4.74 Å². The second-order valence-electron chi connectivity index (χ2n) is 5.94. The van der Waals surface area contributed by atoms with E-state index in [1.54, 1.807) is 48.5 Å². The molecule has 3 rings (SSSR count). The van der Waals surface area contributed by atoms with Gasteiger partial charge in [0.05, 0.1) is 6.21 Å². The summed E-state index contributed by atoms with van der Waals surface area (Å²) >= 11 is 3.32. The molecule has 1 N–H and O–H groups in total. The molecule has 0 aliphatic heterocycles. The fourth-order valence-corrected chi connectivity index (χ4v) is 2.76. The van der Waals surface area contributed by atoms with E-state index >= 15 is 0 Å². The van der Waals surface area contributed by atoms with E-state index in [1.807, 2.05) is 36.4 Å². The van der Waals surface area contributed by atoms with Crippen LogP contribution in [0.1, 0.15) is 21.5 Å². The average molecular weight is 449 g/mol. The highest BCUT2D eigenvalue weighted by Crippen LogP contribution is 2.13. The zero-order valence-electron chi connectivity index (χ0n) is 15.3. The van der Waals surface area contributed by atoms with Crippen molar-refractivity contribution < 1.29 is 14.3 Å². The molecule has 3 aromatic carbocycles. The Hall–Kier alpha value is -3.51. The number of amides is 1. The van der Waals surface area contributed by atoms with Crippen molar-refractivity contribution in [3.05, 3.63) is 106 Å². The van der Waals surface area contributed by atoms with Crippen LogP contribution in [0.2, 0.25) is 0 Å². The van der Waals surface area contributed by atoms with Crippen LogP contribution in [0.3, 0.4) is 0 Å². The molecule has 0 heterocycles. The number of carbonyl (C=O) groups excluding carboxylic acids is 2. The first kappa shape index (κ1) is 20.2. The van der Waals surface area contributed by atoms with E-state index < -0.39 is 5.97 Å². The maximum Gasteiger partial charge on any atom is 0.336 e. The van der Waals surface area contributed by atoms with Crippen LogP contribution in [0.5, 0.6) is 5.75 Å². The van der Waals surface area contributed by atoms with Crippen molar-refractivity contribution in [2.45, 2.75) is 0 Å². The Morgan fingerprint density at radius 3 is 2.38 bits per heavy atom. The third-order valence-corrected chi connectivity index (χ3v) is 4.27. The minimum atomic E-state index is -0.462. The molecule has 0 saturated carbocycles. The maximum absolute atomic E-state index is 12.0. The number of nitrogens with zero attached hydrogens (tertiary/aromatic N) is 1. The Bertz CT molecular complexity index is 1050. The van der Waals surface area contributed by atoms with Gasteiger partial charge in [-0.1, -0.05) is 52.3 Å². The van der Waals surface area contributed by atoms with Gasteiger partial charge >= 0.3 is 5.97 Å². The molecular formula is C23H17BrN2O3. The fourth-order valence-electron chi connectivity index (χ4n) is 2.36. The van der Waals surface area contributed by atoms with Gasteiger partial charge in [0.2, 0.25) is 0 Å². The topological polar surface area (TPSA) is 67.8 Å². The molecule has 0 fully saturated rings. The highest BCUT2D eigenvalue weighted by Gasteiger charge is 2.04. The molecule has 1 amide bonds. The molecule has 0 radical (unpaired) electrons. The SMILES string of the molecule is O=C(/C=C/c1ccccc1)Oc1ccc(/C=N/NC(=O)c2cccc(Br)c2)cc1. The highest BCUT2D eigenvalue weighted by molar-refractivity contribution is 9.10. The molecule has 0 atom stereocenters. The lowest BCUT2D eigenvalue weighted by Gasteiger charge is -2.02. The summed E-state index contributed by atoms with van der Waals surface area (Å²) in [6.45, 7) is 0. The first-order chi connectivity index (χ1) is 14.1. The first-order valence-electron chi connectivity index (χ1n) is 8.74. The number of hydrogen-bond donors (Lipinski definition) is 1. The Morgan fingerprint density at radius 2 is 1.66 bits per heavy atom. The zero-order chi connectivity index (χ0) is 20.5. The number of esters is 1. The van der Waals surface area contributed by atoms with Crippen LogP contribution >= 0.6 is 15.9 Å². The van der Waals surface area contributed by atoms with Gasteiger partial charge in [-0.25, -0.2) is 10.2 Å². The lowest BCUT2D eigenvalue weighted by Crippen LogP contribution is -2.17. The predicted molar refractivity (Wildman–Crippen MR) is 117 cm³/mol. The fraction of sp³-hybridized carbons (Fsp3) is 0. The molecule has 0 saturated heterocycles. The zero-order valence-corrected chi connectivity index (χ0v) is 16.9. The number of ether oxygens (including phenoxy) is 1. The molecular weight excluding hydrogens is 432 g/mol. The lowest BCUT2D eigenvalue weighted by molar-refractivity contribution is -0.128. The molecule has 0 aromatic heterocycles. The van der Waals surface area contributed by atoms with E-state index in [0.717, 1.165) is 15.6 Å². The third-order valence-electron chi connectivity index (χ3n) is 3.78. The Kier molecular flexibility index (Phi) is 7.08. The Balaban J connectivity index is 1.52. The van der Waals surface area contributed by atoms with Gasteiger partial charge in [-0.3, -0.25) is 4.79 Å². The normalized spacial score (nSPS) is 10.9. The molecule has 0 aliphatic carbocycles. The molecule has 144 valence electrons. The van der Waals surface area contributed by atoms with Crippen LogP contribution in [0.4, 0.5) is 0 Å². The van der Waals surface area contributed by atoms with Crippen LogP contribution < -0.4 is 10.2 Å². The standard InChI is InChI=1S/C23H17BrN2O3/c24-20-8-4-7-19(15-20)23(28)26-25-16-18-9-12-21(13-10-18)29-22(27)14-11-17-5-2-1-3-6-17/h1-16H,(H,26,28)/b14-11+,25-16+. The quantitative estimate of drug-likeness (QED) is 0.193. The average Bonchev–Trinajstić information content (AvgIpc) is 2.74. The molecule has 0 unspecified atom stereocenters. The van der Waals surface area contributed by atoms with Gasteiger partial charge in [-0.15, -0.1) is 0 Å². The van der Waals surface area contributed by atoms with E-state index in [1.165, 1.54) is 12.3 Å². The molecule has 6 heteroatoms. The van der Waals surface area contributed by atoms with Crippen molar-refractivity contribution in [2.24, 2.45) is 5.10 Å². The largest absolute Gasteiger partial charge is 0.423 e. The monoisotopic (exact) mass is 448 g/mol. The van der Waals surface area contributed by atoms with Gasteiger partial charge in [0.1, 0.15) is 5.75 Å². The molecule has 0 bridgehead atoms. The second-order valence-corrected chi connectivity index (χ2v) is 6.86. The van der Waals surface area contributed by atoms with E-state index in [9.17, 15) is 9.59 Å². The second kappa shape index (κ2) is 10.1. The van der Waals surface area contributed by atoms with Crippen molar-refractivity contribution in [3.8, 4) is 5.75 Å². The lowest BCUT2D eigenvalue weighted by atomic mass is 10.2. The summed E-state index contributed by atoms with van der Waals surface area (Å²) in [5.74, 6) is -0.349. The number of rotatable bonds is 6. The van der Waals surface area contributed by atoms with Crippen molar-refractivity contribution in [1.82, 2.24) is 5.43 Å². The number of benzene rings is 3. The molecule has 5 nitrogen and oxygen atoms in total. The summed E-state index contributed by atoms with van der Waals surface area (Å²) in [4.78, 5) is 23.9. The van der Waals surface area contributed by atoms with Gasteiger partial charge in [0, 0.05) is 16.1 Å². The first-order valence-corrected chi connectivity index (χ1v) is 9.53. The number of hydrogen-bond acceptors (Lipinski definition) is 4. The number of nitrogens with one attached hydrogen (secondary N) is 1. The Labute approximate surface area is 176 Å². The van der Waals surface area contributed by atoms with Crippen molar-refractivity contribution in [3.63, 3.8) is 0 Å². The maximum atomic E-state index is 12.0. The van der Waals surface area contributed by atoms with Crippen LogP contribution in [0.15, 0.2) is 94.5 Å². The highest BCUT2D eigenvalue weighted by atomic mass is 79.9. The molecule has 3 aromatic rings. The summed E-state index contributed by atoms with van der Waals surface area (Å²) < 4.78 is 6.08. The van der Waals surface area contributed by atoms with Gasteiger partial charge in [0.25, 0.3) is 5.91 Å². The van der Waals surface area contributed by atoms with Crippen LogP contribution in [-0.4, -0.2) is 18.1 Å². The summed E-state index contributed by atoms with van der Waals surface area (Å²) in [7, 11) is 0. The van der Waals surface area contributed by atoms with E-state index in [4.69, 9.17) is 4.74 Å². The van der Waals surface area contributed by atoms with Gasteiger partial charge in [0.15, 0.2) is 0 Å². The van der Waals surface area contributed by atoms with Crippen molar-refractivity contribution in [2.75, 3.05) is 0 Å². The van der Waals surface area contributed by atoms with Crippen LogP contribution in [0.25, 0.3) is 6.08 Å². The molecule has 0 aliphatic rings. The van der Waals surface area contributed by atoms with Crippen molar-refractivity contribution >= 4 is 40.1 Å².